The van der Waals surface area contributed by atoms with Crippen molar-refractivity contribution < 1.29 is 4.79 Å². The minimum absolute atomic E-state index is 0.0466. The van der Waals surface area contributed by atoms with Gasteiger partial charge in [-0.3, -0.25) is 9.79 Å². The van der Waals surface area contributed by atoms with Crippen LogP contribution in [0.1, 0.15) is 51.0 Å². The Labute approximate surface area is 156 Å². The first-order chi connectivity index (χ1) is 12.6. The number of hydrogen-bond acceptors (Lipinski definition) is 3. The zero-order valence-corrected chi connectivity index (χ0v) is 16.1. The van der Waals surface area contributed by atoms with Gasteiger partial charge in [0.2, 0.25) is 5.91 Å². The van der Waals surface area contributed by atoms with Crippen LogP contribution in [0.15, 0.2) is 23.3 Å². The van der Waals surface area contributed by atoms with Gasteiger partial charge in [0.15, 0.2) is 5.96 Å². The predicted molar refractivity (Wildman–Crippen MR) is 105 cm³/mol. The fourth-order valence-corrected chi connectivity index (χ4v) is 4.09. The molecule has 0 bridgehead atoms. The number of pyridine rings is 1. The van der Waals surface area contributed by atoms with Gasteiger partial charge in [0, 0.05) is 32.3 Å². The Bertz CT molecular complexity index is 634. The lowest BCUT2D eigenvalue weighted by Crippen LogP contribution is -2.41. The second-order valence-electron chi connectivity index (χ2n) is 7.63. The molecule has 26 heavy (non-hydrogen) atoms. The summed E-state index contributed by atoms with van der Waals surface area (Å²) in [5.74, 6) is 1.51. The average molecular weight is 358 g/mol. The van der Waals surface area contributed by atoms with Crippen LogP contribution in [-0.2, 0) is 4.79 Å². The molecule has 0 unspecified atom stereocenters. The Balaban J connectivity index is 1.51. The first kappa shape index (κ1) is 18.7. The second kappa shape index (κ2) is 8.52. The van der Waals surface area contributed by atoms with Crippen LogP contribution in [0.4, 0.5) is 5.82 Å². The Hall–Kier alpha value is -2.11. The maximum absolute atomic E-state index is 12.1. The Kier molecular flexibility index (Phi) is 6.12. The molecule has 1 aromatic rings. The molecule has 1 saturated heterocycles. The Morgan fingerprint density at radius 3 is 2.81 bits per heavy atom. The van der Waals surface area contributed by atoms with Crippen molar-refractivity contribution in [3.8, 4) is 0 Å². The number of carbonyl (C=O) groups is 1. The summed E-state index contributed by atoms with van der Waals surface area (Å²) in [6, 6.07) is 3.77. The lowest BCUT2D eigenvalue weighted by molar-refractivity contribution is -0.116. The number of guanidine groups is 1. The number of nitrogens with zero attached hydrogens (tertiary/aromatic N) is 3. The topological polar surface area (TPSA) is 69.6 Å². The van der Waals surface area contributed by atoms with Gasteiger partial charge in [-0.1, -0.05) is 18.9 Å². The molecule has 0 atom stereocenters. The average Bonchev–Trinajstić information content (AvgIpc) is 3.26. The van der Waals surface area contributed by atoms with Gasteiger partial charge in [0.05, 0.1) is 6.54 Å². The number of anilines is 1. The predicted octanol–water partition coefficient (Wildman–Crippen LogP) is 2.95. The number of nitrogens with one attached hydrogen (secondary N) is 2. The van der Waals surface area contributed by atoms with E-state index < -0.39 is 0 Å². The first-order valence-corrected chi connectivity index (χ1v) is 9.86. The molecule has 3 rings (SSSR count). The van der Waals surface area contributed by atoms with Crippen LogP contribution < -0.4 is 10.6 Å². The first-order valence-electron chi connectivity index (χ1n) is 9.86. The highest BCUT2D eigenvalue weighted by Crippen LogP contribution is 2.45. The highest BCUT2D eigenvalue weighted by molar-refractivity contribution is 5.90. The van der Waals surface area contributed by atoms with Crippen LogP contribution in [0, 0.1) is 12.3 Å². The van der Waals surface area contributed by atoms with E-state index in [4.69, 9.17) is 4.99 Å². The summed E-state index contributed by atoms with van der Waals surface area (Å²) in [5, 5.41) is 6.22. The van der Waals surface area contributed by atoms with E-state index in [0.717, 1.165) is 31.2 Å². The van der Waals surface area contributed by atoms with Gasteiger partial charge < -0.3 is 15.5 Å². The van der Waals surface area contributed by atoms with Crippen LogP contribution >= 0.6 is 0 Å². The Morgan fingerprint density at radius 1 is 1.31 bits per heavy atom. The fraction of sp³-hybridized carbons (Fsp3) is 0.650. The zero-order valence-electron chi connectivity index (χ0n) is 16.1. The molecule has 142 valence electrons. The Morgan fingerprint density at radius 2 is 2.12 bits per heavy atom. The molecule has 0 radical (unpaired) electrons. The smallest absolute Gasteiger partial charge is 0.227 e. The van der Waals surface area contributed by atoms with E-state index in [9.17, 15) is 4.79 Å². The summed E-state index contributed by atoms with van der Waals surface area (Å²) < 4.78 is 0. The minimum Gasteiger partial charge on any atom is -0.357 e. The molecule has 1 aliphatic carbocycles. The van der Waals surface area contributed by atoms with Crippen molar-refractivity contribution in [2.75, 3.05) is 31.5 Å². The van der Waals surface area contributed by atoms with Gasteiger partial charge in [-0.05, 0) is 50.2 Å². The van der Waals surface area contributed by atoms with Gasteiger partial charge in [-0.2, -0.15) is 0 Å². The van der Waals surface area contributed by atoms with Crippen molar-refractivity contribution >= 4 is 17.7 Å². The summed E-state index contributed by atoms with van der Waals surface area (Å²) >= 11 is 0. The highest BCUT2D eigenvalue weighted by Gasteiger charge is 2.41. The molecule has 0 aromatic carbocycles. The third-order valence-corrected chi connectivity index (χ3v) is 5.52. The van der Waals surface area contributed by atoms with E-state index >= 15 is 0 Å². The quantitative estimate of drug-likeness (QED) is 0.628. The third-order valence-electron chi connectivity index (χ3n) is 5.52. The van der Waals surface area contributed by atoms with Gasteiger partial charge in [0.25, 0.3) is 0 Å². The van der Waals surface area contributed by atoms with Crippen molar-refractivity contribution in [2.24, 2.45) is 10.4 Å². The molecular weight excluding hydrogens is 326 g/mol. The summed E-state index contributed by atoms with van der Waals surface area (Å²) in [4.78, 5) is 23.4. The van der Waals surface area contributed by atoms with E-state index in [2.05, 4.69) is 27.4 Å². The summed E-state index contributed by atoms with van der Waals surface area (Å²) in [6.45, 7) is 7.59. The lowest BCUT2D eigenvalue weighted by Gasteiger charge is -2.25. The lowest BCUT2D eigenvalue weighted by atomic mass is 9.86. The van der Waals surface area contributed by atoms with E-state index in [1.165, 1.54) is 32.1 Å². The number of aliphatic imine (C=N–C) groups is 1. The van der Waals surface area contributed by atoms with E-state index in [1.54, 1.807) is 6.20 Å². The van der Waals surface area contributed by atoms with E-state index in [-0.39, 0.29) is 5.91 Å². The van der Waals surface area contributed by atoms with Crippen LogP contribution in [0.25, 0.3) is 0 Å². The minimum atomic E-state index is -0.0466. The number of likely N-dealkylation sites (tertiary alicyclic amines) is 1. The van der Waals surface area contributed by atoms with E-state index in [0.29, 0.717) is 24.2 Å². The molecular formula is C20H31N5O. The number of aryl methyl sites for hydroxylation is 1. The molecule has 1 aliphatic heterocycles. The van der Waals surface area contributed by atoms with Crippen LogP contribution in [-0.4, -0.2) is 47.9 Å². The third kappa shape index (κ3) is 4.74. The van der Waals surface area contributed by atoms with Gasteiger partial charge >= 0.3 is 0 Å². The van der Waals surface area contributed by atoms with Crippen LogP contribution in [0.5, 0.6) is 0 Å². The summed E-state index contributed by atoms with van der Waals surface area (Å²) in [7, 11) is 0. The highest BCUT2D eigenvalue weighted by atomic mass is 16.1. The molecule has 6 heteroatoms. The van der Waals surface area contributed by atoms with Crippen molar-refractivity contribution in [3.05, 3.63) is 23.9 Å². The molecule has 2 heterocycles. The number of carbonyl (C=O) groups excluding carboxylic acids is 1. The molecule has 2 aliphatic rings. The largest absolute Gasteiger partial charge is 0.357 e. The number of hydrogen-bond donors (Lipinski definition) is 2. The number of amides is 1. The molecule has 1 saturated carbocycles. The molecule has 6 nitrogen and oxygen atoms in total. The molecule has 2 N–H and O–H groups in total. The van der Waals surface area contributed by atoms with Gasteiger partial charge in [-0.25, -0.2) is 4.98 Å². The normalized spacial score (nSPS) is 19.2. The second-order valence-corrected chi connectivity index (χ2v) is 7.63. The standard InChI is InChI=1S/C20H31N5O/c1-3-21-19(25-13-11-20(15-25)9-4-5-10-20)22-12-8-18(26)24-17-7-6-16(2)14-23-17/h6-7,14H,3-5,8-13,15H2,1-2H3,(H,21,22)(H,23,24,26). The summed E-state index contributed by atoms with van der Waals surface area (Å²) in [5.41, 5.74) is 1.60. The summed E-state index contributed by atoms with van der Waals surface area (Å²) in [6.07, 6.45) is 8.84. The number of rotatable bonds is 5. The maximum atomic E-state index is 12.1. The fourth-order valence-electron chi connectivity index (χ4n) is 4.09. The zero-order chi connectivity index (χ0) is 18.4. The molecule has 1 amide bonds. The van der Waals surface area contributed by atoms with Crippen molar-refractivity contribution in [3.63, 3.8) is 0 Å². The van der Waals surface area contributed by atoms with E-state index in [1.807, 2.05) is 19.1 Å². The molecule has 1 aromatic heterocycles. The SMILES string of the molecule is CCNC(=NCCC(=O)Nc1ccc(C)cn1)N1CCC2(CCCC2)C1. The van der Waals surface area contributed by atoms with Gasteiger partial charge in [-0.15, -0.1) is 0 Å². The maximum Gasteiger partial charge on any atom is 0.227 e. The van der Waals surface area contributed by atoms with Crippen LogP contribution in [0.2, 0.25) is 0 Å². The molecule has 2 fully saturated rings. The molecule has 1 spiro atoms. The van der Waals surface area contributed by atoms with Crippen LogP contribution in [0.3, 0.4) is 0 Å². The van der Waals surface area contributed by atoms with Crippen molar-refractivity contribution in [1.29, 1.82) is 0 Å². The monoisotopic (exact) mass is 357 g/mol. The van der Waals surface area contributed by atoms with Crippen molar-refractivity contribution in [1.82, 2.24) is 15.2 Å². The number of aromatic nitrogens is 1. The van der Waals surface area contributed by atoms with Crippen molar-refractivity contribution in [2.45, 2.75) is 52.4 Å². The van der Waals surface area contributed by atoms with Gasteiger partial charge in [0.1, 0.15) is 5.82 Å².